The lowest BCUT2D eigenvalue weighted by Crippen LogP contribution is -2.42. The van der Waals surface area contributed by atoms with Gasteiger partial charge in [-0.2, -0.15) is 0 Å². The van der Waals surface area contributed by atoms with E-state index in [9.17, 15) is 15.3 Å². The van der Waals surface area contributed by atoms with Crippen LogP contribution in [-0.2, 0) is 6.54 Å². The summed E-state index contributed by atoms with van der Waals surface area (Å²) in [5.41, 5.74) is 2.96. The van der Waals surface area contributed by atoms with Crippen molar-refractivity contribution in [2.45, 2.75) is 26.3 Å². The number of benzene rings is 2. The minimum atomic E-state index is -0.265. The third-order valence-electron chi connectivity index (χ3n) is 5.46. The molecule has 0 radical (unpaired) electrons. The molecule has 166 valence electrons. The van der Waals surface area contributed by atoms with E-state index in [2.05, 4.69) is 20.4 Å². The Labute approximate surface area is 187 Å². The molecule has 0 aliphatic carbocycles. The first-order chi connectivity index (χ1) is 14.4. The molecule has 0 bridgehead atoms. The van der Waals surface area contributed by atoms with Gasteiger partial charge in [0.2, 0.25) is 0 Å². The molecule has 1 fully saturated rings. The standard InChI is InChI=1S/C22H27N5O3.ClH/c1-14(2)17-11-18(20(29)12-19(17)28)21-24-25-22(30)27(21)16-5-3-15(4-6-16)13-26-9-7-23-8-10-26;/h3-6,11-12,14,23,28-29H,7-10,13H2,1-2H3,(H,25,30);1H. The van der Waals surface area contributed by atoms with Crippen molar-refractivity contribution < 1.29 is 15.3 Å². The lowest BCUT2D eigenvalue weighted by Gasteiger charge is -2.27. The number of halogens is 1. The predicted octanol–water partition coefficient (Wildman–Crippen LogP) is 3.00. The summed E-state index contributed by atoms with van der Waals surface area (Å²) < 4.78 is 1.49. The molecule has 1 aliphatic heterocycles. The molecular formula is C22H28ClN5O3. The number of hydrogen-bond donors (Lipinski definition) is 4. The van der Waals surface area contributed by atoms with E-state index in [1.54, 1.807) is 6.07 Å². The molecule has 1 aliphatic rings. The summed E-state index contributed by atoms with van der Waals surface area (Å²) in [4.78, 5) is 2.40. The quantitative estimate of drug-likeness (QED) is 0.478. The van der Waals surface area contributed by atoms with Gasteiger partial charge in [-0.25, -0.2) is 4.57 Å². The van der Waals surface area contributed by atoms with E-state index in [1.807, 2.05) is 38.1 Å². The molecule has 0 spiro atoms. The molecule has 4 rings (SSSR count). The van der Waals surface area contributed by atoms with Gasteiger partial charge in [0.25, 0.3) is 0 Å². The Morgan fingerprint density at radius 2 is 1.65 bits per heavy atom. The maximum absolute atomic E-state index is 10.4. The van der Waals surface area contributed by atoms with E-state index in [0.29, 0.717) is 22.6 Å². The first-order valence-corrected chi connectivity index (χ1v) is 10.2. The van der Waals surface area contributed by atoms with E-state index in [0.717, 1.165) is 32.7 Å². The lowest BCUT2D eigenvalue weighted by atomic mass is 9.98. The van der Waals surface area contributed by atoms with Crippen LogP contribution in [-0.4, -0.2) is 61.2 Å². The Kier molecular flexibility index (Phi) is 7.04. The summed E-state index contributed by atoms with van der Waals surface area (Å²) >= 11 is 0. The van der Waals surface area contributed by atoms with Crippen molar-refractivity contribution in [3.63, 3.8) is 0 Å². The summed E-state index contributed by atoms with van der Waals surface area (Å²) in [5, 5.41) is 42.1. The third kappa shape index (κ3) is 4.76. The number of rotatable bonds is 5. The molecule has 0 unspecified atom stereocenters. The van der Waals surface area contributed by atoms with Crippen LogP contribution in [0.3, 0.4) is 0 Å². The van der Waals surface area contributed by atoms with Gasteiger partial charge < -0.3 is 20.6 Å². The van der Waals surface area contributed by atoms with Gasteiger partial charge in [-0.05, 0) is 35.2 Å². The van der Waals surface area contributed by atoms with E-state index in [4.69, 9.17) is 0 Å². The highest BCUT2D eigenvalue weighted by molar-refractivity contribution is 5.85. The zero-order valence-corrected chi connectivity index (χ0v) is 18.4. The average molecular weight is 446 g/mol. The van der Waals surface area contributed by atoms with Crippen molar-refractivity contribution in [1.29, 1.82) is 0 Å². The fraction of sp³-hybridized carbons (Fsp3) is 0.364. The average Bonchev–Trinajstić information content (AvgIpc) is 3.10. The molecule has 0 amide bonds. The number of piperazine rings is 1. The Morgan fingerprint density at radius 3 is 2.29 bits per heavy atom. The Hall–Kier alpha value is -2.81. The predicted molar refractivity (Wildman–Crippen MR) is 121 cm³/mol. The highest BCUT2D eigenvalue weighted by Crippen LogP contribution is 2.38. The molecule has 2 heterocycles. The lowest BCUT2D eigenvalue weighted by molar-refractivity contribution is 0.233. The molecule has 1 aromatic heterocycles. The van der Waals surface area contributed by atoms with Gasteiger partial charge in [0.05, 0.1) is 11.3 Å². The topological polar surface area (TPSA) is 107 Å². The number of nitrogens with zero attached hydrogens (tertiary/aromatic N) is 4. The van der Waals surface area contributed by atoms with Gasteiger partial charge in [-0.1, -0.05) is 31.1 Å². The largest absolute Gasteiger partial charge is 0.508 e. The monoisotopic (exact) mass is 445 g/mol. The van der Waals surface area contributed by atoms with Gasteiger partial charge >= 0.3 is 6.01 Å². The second-order valence-electron chi connectivity index (χ2n) is 7.93. The molecule has 0 saturated carbocycles. The van der Waals surface area contributed by atoms with Crippen LogP contribution in [0.5, 0.6) is 17.5 Å². The van der Waals surface area contributed by atoms with Crippen LogP contribution < -0.4 is 5.32 Å². The number of phenols is 2. The first-order valence-electron chi connectivity index (χ1n) is 10.2. The van der Waals surface area contributed by atoms with E-state index in [1.165, 1.54) is 16.2 Å². The molecule has 2 aromatic carbocycles. The molecule has 3 aromatic rings. The van der Waals surface area contributed by atoms with Crippen molar-refractivity contribution >= 4 is 12.4 Å². The Balaban J connectivity index is 0.00000272. The van der Waals surface area contributed by atoms with Crippen LogP contribution in [0.15, 0.2) is 36.4 Å². The fourth-order valence-electron chi connectivity index (χ4n) is 3.80. The molecule has 1 saturated heterocycles. The van der Waals surface area contributed by atoms with Gasteiger partial charge in [-0.15, -0.1) is 17.5 Å². The van der Waals surface area contributed by atoms with Crippen LogP contribution in [0.1, 0.15) is 30.9 Å². The van der Waals surface area contributed by atoms with Crippen LogP contribution in [0.4, 0.5) is 0 Å². The molecule has 4 N–H and O–H groups in total. The Morgan fingerprint density at radius 1 is 0.968 bits per heavy atom. The van der Waals surface area contributed by atoms with Crippen LogP contribution in [0, 0.1) is 0 Å². The molecule has 31 heavy (non-hydrogen) atoms. The number of aromatic hydroxyl groups is 3. The summed E-state index contributed by atoms with van der Waals surface area (Å²) in [7, 11) is 0. The molecule has 0 atom stereocenters. The van der Waals surface area contributed by atoms with E-state index >= 15 is 0 Å². The van der Waals surface area contributed by atoms with Gasteiger partial charge in [-0.3, -0.25) is 4.90 Å². The molecule has 8 nitrogen and oxygen atoms in total. The van der Waals surface area contributed by atoms with Crippen LogP contribution in [0.25, 0.3) is 17.1 Å². The molecular weight excluding hydrogens is 418 g/mol. The number of nitrogens with one attached hydrogen (secondary N) is 1. The minimum absolute atomic E-state index is 0. The van der Waals surface area contributed by atoms with Crippen molar-refractivity contribution in [3.8, 4) is 34.6 Å². The zero-order chi connectivity index (χ0) is 21.3. The summed E-state index contributed by atoms with van der Waals surface area (Å²) in [6.07, 6.45) is 0. The summed E-state index contributed by atoms with van der Waals surface area (Å²) in [6, 6.07) is 10.6. The third-order valence-corrected chi connectivity index (χ3v) is 5.46. The maximum Gasteiger partial charge on any atom is 0.319 e. The summed E-state index contributed by atoms with van der Waals surface area (Å²) in [5.74, 6) is 0.264. The highest BCUT2D eigenvalue weighted by Gasteiger charge is 2.21. The summed E-state index contributed by atoms with van der Waals surface area (Å²) in [6.45, 7) is 8.84. The SMILES string of the molecule is CC(C)c1cc(-c2nnc(O)n2-c2ccc(CN3CCNCC3)cc2)c(O)cc1O.Cl. The fourth-order valence-corrected chi connectivity index (χ4v) is 3.80. The highest BCUT2D eigenvalue weighted by atomic mass is 35.5. The minimum Gasteiger partial charge on any atom is -0.508 e. The normalized spacial score (nSPS) is 14.5. The van der Waals surface area contributed by atoms with Crippen molar-refractivity contribution in [3.05, 3.63) is 47.5 Å². The zero-order valence-electron chi connectivity index (χ0n) is 17.6. The van der Waals surface area contributed by atoms with Gasteiger partial charge in [0.15, 0.2) is 5.82 Å². The number of phenolic OH excluding ortho intramolecular Hbond substituents is 2. The van der Waals surface area contributed by atoms with Crippen LogP contribution >= 0.6 is 12.4 Å². The number of aromatic nitrogens is 3. The van der Waals surface area contributed by atoms with Crippen molar-refractivity contribution in [1.82, 2.24) is 25.0 Å². The maximum atomic E-state index is 10.4. The van der Waals surface area contributed by atoms with Crippen molar-refractivity contribution in [2.75, 3.05) is 26.2 Å². The van der Waals surface area contributed by atoms with Gasteiger partial charge in [0.1, 0.15) is 11.5 Å². The Bertz CT molecular complexity index is 1030. The smallest absolute Gasteiger partial charge is 0.319 e. The van der Waals surface area contributed by atoms with Crippen molar-refractivity contribution in [2.24, 2.45) is 0 Å². The number of hydrogen-bond acceptors (Lipinski definition) is 7. The van der Waals surface area contributed by atoms with Crippen LogP contribution in [0.2, 0.25) is 0 Å². The first kappa shape index (κ1) is 22.9. The van der Waals surface area contributed by atoms with Gasteiger partial charge in [0, 0.05) is 38.8 Å². The second kappa shape index (κ2) is 9.55. The second-order valence-corrected chi connectivity index (χ2v) is 7.93. The van der Waals surface area contributed by atoms with E-state index < -0.39 is 0 Å². The van der Waals surface area contributed by atoms with E-state index in [-0.39, 0.29) is 35.8 Å². The molecule has 9 heteroatoms.